The Morgan fingerprint density at radius 2 is 1.67 bits per heavy atom. The molecule has 1 N–H and O–H groups in total. The van der Waals surface area contributed by atoms with Crippen LogP contribution in [-0.4, -0.2) is 26.3 Å². The number of imide groups is 2. The summed E-state index contributed by atoms with van der Waals surface area (Å²) in [4.78, 5) is 38.9. The van der Waals surface area contributed by atoms with E-state index in [4.69, 9.17) is 27.4 Å². The van der Waals surface area contributed by atoms with Gasteiger partial charge in [-0.2, -0.15) is 8.42 Å². The lowest BCUT2D eigenvalue weighted by Crippen LogP contribution is -2.54. The molecule has 1 heterocycles. The molecule has 1 aliphatic heterocycles. The van der Waals surface area contributed by atoms with E-state index >= 15 is 0 Å². The largest absolute Gasteiger partial charge is 0.378 e. The zero-order valence-corrected chi connectivity index (χ0v) is 22.2. The predicted molar refractivity (Wildman–Crippen MR) is 139 cm³/mol. The Hall–Kier alpha value is -3.18. The highest BCUT2D eigenvalue weighted by atomic mass is 79.9. The van der Waals surface area contributed by atoms with E-state index in [1.165, 1.54) is 54.6 Å². The highest BCUT2D eigenvalue weighted by Gasteiger charge is 2.37. The maximum Gasteiger partial charge on any atom is 0.339 e. The molecule has 0 saturated carbocycles. The van der Waals surface area contributed by atoms with Gasteiger partial charge in [-0.15, -0.1) is 0 Å². The average Bonchev–Trinajstić information content (AvgIpc) is 2.80. The molecule has 184 valence electrons. The molecule has 3 aromatic rings. The number of hydrogen-bond acceptors (Lipinski definition) is 6. The Morgan fingerprint density at radius 1 is 0.972 bits per heavy atom. The third kappa shape index (κ3) is 5.31. The van der Waals surface area contributed by atoms with E-state index in [-0.39, 0.29) is 21.9 Å². The molecule has 0 atom stereocenters. The summed E-state index contributed by atoms with van der Waals surface area (Å²) in [5.74, 6) is -2.02. The van der Waals surface area contributed by atoms with E-state index in [1.54, 1.807) is 13.0 Å². The second kappa shape index (κ2) is 10.1. The van der Waals surface area contributed by atoms with Crippen LogP contribution >= 0.6 is 39.1 Å². The van der Waals surface area contributed by atoms with Gasteiger partial charge in [0, 0.05) is 20.1 Å². The van der Waals surface area contributed by atoms with Crippen molar-refractivity contribution in [1.82, 2.24) is 5.32 Å². The van der Waals surface area contributed by atoms with E-state index in [9.17, 15) is 22.8 Å². The molecule has 1 saturated heterocycles. The Bertz CT molecular complexity index is 1560. The number of carbonyl (C=O) groups is 3. The van der Waals surface area contributed by atoms with Gasteiger partial charge < -0.3 is 4.18 Å². The number of nitrogens with one attached hydrogen (secondary N) is 1. The van der Waals surface area contributed by atoms with Gasteiger partial charge in [-0.3, -0.25) is 14.9 Å². The van der Waals surface area contributed by atoms with Crippen molar-refractivity contribution in [2.75, 3.05) is 4.90 Å². The normalized spacial score (nSPS) is 15.3. The first-order chi connectivity index (χ1) is 17.0. The molecule has 8 nitrogen and oxygen atoms in total. The Balaban J connectivity index is 1.75. The molecule has 1 aliphatic rings. The Morgan fingerprint density at radius 3 is 2.33 bits per heavy atom. The van der Waals surface area contributed by atoms with Crippen LogP contribution in [0.5, 0.6) is 5.75 Å². The first kappa shape index (κ1) is 25.9. The molecule has 4 amide bonds. The van der Waals surface area contributed by atoms with Gasteiger partial charge in [-0.25, -0.2) is 9.69 Å². The van der Waals surface area contributed by atoms with Crippen LogP contribution in [0.25, 0.3) is 6.08 Å². The monoisotopic (exact) mass is 608 g/mol. The number of halogens is 3. The number of urea groups is 1. The van der Waals surface area contributed by atoms with Crippen LogP contribution in [0.4, 0.5) is 10.5 Å². The zero-order valence-electron chi connectivity index (χ0n) is 18.3. The van der Waals surface area contributed by atoms with E-state index in [0.717, 1.165) is 16.5 Å². The van der Waals surface area contributed by atoms with Crippen LogP contribution in [0.15, 0.2) is 75.6 Å². The number of benzene rings is 3. The molecule has 0 unspecified atom stereocenters. The van der Waals surface area contributed by atoms with Crippen molar-refractivity contribution in [3.05, 3.63) is 91.9 Å². The third-order valence-corrected chi connectivity index (χ3v) is 7.49. The van der Waals surface area contributed by atoms with Crippen molar-refractivity contribution in [2.24, 2.45) is 0 Å². The van der Waals surface area contributed by atoms with Gasteiger partial charge in [0.2, 0.25) is 0 Å². The molecule has 0 aromatic heterocycles. The van der Waals surface area contributed by atoms with E-state index in [2.05, 4.69) is 21.2 Å². The lowest BCUT2D eigenvalue weighted by atomic mass is 10.1. The maximum absolute atomic E-state index is 13.2. The highest BCUT2D eigenvalue weighted by molar-refractivity contribution is 9.10. The maximum atomic E-state index is 13.2. The van der Waals surface area contributed by atoms with Gasteiger partial charge in [0.05, 0.1) is 5.69 Å². The van der Waals surface area contributed by atoms with Crippen molar-refractivity contribution in [1.29, 1.82) is 0 Å². The summed E-state index contributed by atoms with van der Waals surface area (Å²) in [6.07, 6.45) is 1.14. The summed E-state index contributed by atoms with van der Waals surface area (Å²) >= 11 is 15.3. The number of aryl methyl sites for hydroxylation is 1. The standard InChI is InChI=1S/C24H15BrCl2N2O6S/c1-13-2-6-17(12-20(13)27)29-23(31)19(22(30)28-24(29)32)11-14-10-15(25)3-9-21(14)35-36(33,34)18-7-4-16(26)5-8-18/h2-12H,1H3,(H,28,30,32)/b19-11+. The van der Waals surface area contributed by atoms with Crippen molar-refractivity contribution in [2.45, 2.75) is 11.8 Å². The fraction of sp³-hybridized carbons (Fsp3) is 0.0417. The molecule has 0 spiro atoms. The van der Waals surface area contributed by atoms with E-state index in [0.29, 0.717) is 14.5 Å². The molecular formula is C24H15BrCl2N2O6S. The lowest BCUT2D eigenvalue weighted by Gasteiger charge is -2.26. The number of rotatable bonds is 5. The van der Waals surface area contributed by atoms with Crippen LogP contribution in [0.2, 0.25) is 10.0 Å². The van der Waals surface area contributed by atoms with Crippen LogP contribution in [0.1, 0.15) is 11.1 Å². The van der Waals surface area contributed by atoms with Crippen LogP contribution in [0, 0.1) is 6.92 Å². The second-order valence-electron chi connectivity index (χ2n) is 7.56. The highest BCUT2D eigenvalue weighted by Crippen LogP contribution is 2.31. The molecule has 0 radical (unpaired) electrons. The van der Waals surface area contributed by atoms with Gasteiger partial charge in [0.1, 0.15) is 16.2 Å². The van der Waals surface area contributed by atoms with Gasteiger partial charge >= 0.3 is 16.1 Å². The first-order valence-electron chi connectivity index (χ1n) is 10.1. The summed E-state index contributed by atoms with van der Waals surface area (Å²) in [7, 11) is -4.27. The summed E-state index contributed by atoms with van der Waals surface area (Å²) in [6.45, 7) is 1.76. The second-order valence-corrected chi connectivity index (χ2v) is 10.9. The Kier molecular flexibility index (Phi) is 7.24. The topological polar surface area (TPSA) is 110 Å². The minimum Gasteiger partial charge on any atom is -0.378 e. The van der Waals surface area contributed by atoms with Crippen molar-refractivity contribution in [3.8, 4) is 5.75 Å². The molecule has 0 bridgehead atoms. The van der Waals surface area contributed by atoms with Gasteiger partial charge in [0.25, 0.3) is 11.8 Å². The summed E-state index contributed by atoms with van der Waals surface area (Å²) in [6, 6.07) is 13.3. The molecule has 12 heteroatoms. The lowest BCUT2D eigenvalue weighted by molar-refractivity contribution is -0.122. The molecule has 4 rings (SSSR count). The number of anilines is 1. The average molecular weight is 610 g/mol. The smallest absolute Gasteiger partial charge is 0.339 e. The van der Waals surface area contributed by atoms with Crippen molar-refractivity contribution < 1.29 is 27.0 Å². The first-order valence-corrected chi connectivity index (χ1v) is 13.1. The third-order valence-electron chi connectivity index (χ3n) is 5.09. The quantitative estimate of drug-likeness (QED) is 0.232. The number of nitrogens with zero attached hydrogens (tertiary/aromatic N) is 1. The van der Waals surface area contributed by atoms with Crippen LogP contribution in [-0.2, 0) is 19.7 Å². The summed E-state index contributed by atoms with van der Waals surface area (Å²) in [5.41, 5.74) is 0.562. The zero-order chi connectivity index (χ0) is 26.2. The minimum absolute atomic E-state index is 0.0941. The Labute approximate surface area is 224 Å². The number of hydrogen-bond donors (Lipinski definition) is 1. The molecule has 3 aromatic carbocycles. The fourth-order valence-electron chi connectivity index (χ4n) is 3.24. The number of amides is 4. The molecular weight excluding hydrogens is 595 g/mol. The van der Waals surface area contributed by atoms with Gasteiger partial charge in [-0.1, -0.05) is 45.2 Å². The summed E-state index contributed by atoms with van der Waals surface area (Å²) < 4.78 is 31.4. The summed E-state index contributed by atoms with van der Waals surface area (Å²) in [5, 5.41) is 2.78. The van der Waals surface area contributed by atoms with Gasteiger partial charge in [-0.05, 0) is 73.2 Å². The molecule has 1 fully saturated rings. The van der Waals surface area contributed by atoms with Gasteiger partial charge in [0.15, 0.2) is 0 Å². The predicted octanol–water partition coefficient (Wildman–Crippen LogP) is 5.50. The van der Waals surface area contributed by atoms with E-state index in [1.807, 2.05) is 0 Å². The number of barbiturate groups is 1. The van der Waals surface area contributed by atoms with Crippen molar-refractivity contribution >= 4 is 78.9 Å². The van der Waals surface area contributed by atoms with E-state index < -0.39 is 33.5 Å². The van der Waals surface area contributed by atoms with Crippen LogP contribution in [0.3, 0.4) is 0 Å². The SMILES string of the molecule is Cc1ccc(N2C(=O)NC(=O)/C(=C\c3cc(Br)ccc3OS(=O)(=O)c3ccc(Cl)cc3)C2=O)cc1Cl. The minimum atomic E-state index is -4.27. The number of carbonyl (C=O) groups excluding carboxylic acids is 3. The van der Waals surface area contributed by atoms with Crippen molar-refractivity contribution in [3.63, 3.8) is 0 Å². The molecule has 36 heavy (non-hydrogen) atoms. The molecule has 0 aliphatic carbocycles. The van der Waals surface area contributed by atoms with Crippen LogP contribution < -0.4 is 14.4 Å². The fourth-order valence-corrected chi connectivity index (χ4v) is 4.88.